The Morgan fingerprint density at radius 3 is 2.16 bits per heavy atom. The van der Waals surface area contributed by atoms with E-state index in [1.165, 1.54) is 0 Å². The predicted molar refractivity (Wildman–Crippen MR) is 120 cm³/mol. The van der Waals surface area contributed by atoms with Crippen molar-refractivity contribution >= 4 is 23.3 Å². The molecule has 7 nitrogen and oxygen atoms in total. The number of anilines is 1. The van der Waals surface area contributed by atoms with E-state index in [4.69, 9.17) is 15.9 Å². The van der Waals surface area contributed by atoms with Crippen molar-refractivity contribution < 1.29 is 14.3 Å². The van der Waals surface area contributed by atoms with Gasteiger partial charge in [-0.25, -0.2) is 0 Å². The molecule has 158 valence electrons. The summed E-state index contributed by atoms with van der Waals surface area (Å²) >= 11 is 0. The van der Waals surface area contributed by atoms with Gasteiger partial charge in [0.05, 0.1) is 7.11 Å². The van der Waals surface area contributed by atoms with Crippen molar-refractivity contribution in [3.8, 4) is 5.75 Å². The van der Waals surface area contributed by atoms with Gasteiger partial charge in [-0.05, 0) is 47.5 Å². The van der Waals surface area contributed by atoms with Crippen LogP contribution in [0.2, 0.25) is 0 Å². The molecule has 0 aliphatic heterocycles. The highest BCUT2D eigenvalue weighted by Crippen LogP contribution is 2.20. The van der Waals surface area contributed by atoms with Crippen LogP contribution in [0, 0.1) is 5.41 Å². The van der Waals surface area contributed by atoms with Gasteiger partial charge in [-0.3, -0.25) is 15.0 Å². The molecule has 0 saturated heterocycles. The zero-order valence-electron chi connectivity index (χ0n) is 17.1. The average molecular weight is 416 g/mol. The first-order valence-electron chi connectivity index (χ1n) is 9.69. The third-order valence-corrected chi connectivity index (χ3v) is 4.75. The van der Waals surface area contributed by atoms with Crippen LogP contribution in [0.5, 0.6) is 5.75 Å². The SMILES string of the molecule is COc1ccc(CNC(=O)C(C(=O)Nc2ccc(C(=N)N)cc2)c2ccccc2)cc1. The number of hydrogen-bond donors (Lipinski definition) is 4. The third kappa shape index (κ3) is 5.70. The van der Waals surface area contributed by atoms with Crippen LogP contribution in [0.1, 0.15) is 22.6 Å². The molecular formula is C24H24N4O3. The van der Waals surface area contributed by atoms with Gasteiger partial charge in [-0.1, -0.05) is 42.5 Å². The van der Waals surface area contributed by atoms with Crippen LogP contribution < -0.4 is 21.1 Å². The molecule has 0 aliphatic carbocycles. The Morgan fingerprint density at radius 2 is 1.58 bits per heavy atom. The first-order chi connectivity index (χ1) is 15.0. The minimum absolute atomic E-state index is 0.0575. The second-order valence-electron chi connectivity index (χ2n) is 6.89. The molecule has 1 atom stereocenters. The number of nitrogen functional groups attached to an aromatic ring is 1. The zero-order valence-corrected chi connectivity index (χ0v) is 17.1. The van der Waals surface area contributed by atoms with Crippen LogP contribution in [0.4, 0.5) is 5.69 Å². The third-order valence-electron chi connectivity index (χ3n) is 4.75. The highest BCUT2D eigenvalue weighted by atomic mass is 16.5. The van der Waals surface area contributed by atoms with E-state index in [-0.39, 0.29) is 12.4 Å². The Bertz CT molecular complexity index is 1050. The smallest absolute Gasteiger partial charge is 0.241 e. The molecule has 0 heterocycles. The molecule has 3 aromatic carbocycles. The molecule has 0 bridgehead atoms. The summed E-state index contributed by atoms with van der Waals surface area (Å²) in [5.41, 5.74) is 8.01. The Morgan fingerprint density at radius 1 is 0.935 bits per heavy atom. The Labute approximate surface area is 180 Å². The van der Waals surface area contributed by atoms with Gasteiger partial charge in [-0.15, -0.1) is 0 Å². The molecule has 0 aromatic heterocycles. The maximum atomic E-state index is 13.0. The molecule has 0 fully saturated rings. The second-order valence-corrected chi connectivity index (χ2v) is 6.89. The van der Waals surface area contributed by atoms with E-state index >= 15 is 0 Å². The minimum Gasteiger partial charge on any atom is -0.497 e. The summed E-state index contributed by atoms with van der Waals surface area (Å²) < 4.78 is 5.14. The number of methoxy groups -OCH3 is 1. The van der Waals surface area contributed by atoms with E-state index in [1.807, 2.05) is 30.3 Å². The van der Waals surface area contributed by atoms with E-state index in [0.29, 0.717) is 16.8 Å². The maximum Gasteiger partial charge on any atom is 0.241 e. The number of nitrogens with two attached hydrogens (primary N) is 1. The van der Waals surface area contributed by atoms with Crippen LogP contribution >= 0.6 is 0 Å². The van der Waals surface area contributed by atoms with Gasteiger partial charge in [0, 0.05) is 17.8 Å². The molecule has 5 N–H and O–H groups in total. The molecule has 7 heteroatoms. The van der Waals surface area contributed by atoms with Crippen molar-refractivity contribution in [3.05, 3.63) is 95.6 Å². The summed E-state index contributed by atoms with van der Waals surface area (Å²) in [6.07, 6.45) is 0. The van der Waals surface area contributed by atoms with E-state index in [2.05, 4.69) is 10.6 Å². The van der Waals surface area contributed by atoms with Crippen molar-refractivity contribution in [2.45, 2.75) is 12.5 Å². The van der Waals surface area contributed by atoms with Gasteiger partial charge >= 0.3 is 0 Å². The molecule has 3 aromatic rings. The highest BCUT2D eigenvalue weighted by molar-refractivity contribution is 6.11. The van der Waals surface area contributed by atoms with Crippen molar-refractivity contribution in [2.75, 3.05) is 12.4 Å². The fourth-order valence-electron chi connectivity index (χ4n) is 3.05. The molecule has 0 radical (unpaired) electrons. The second kappa shape index (κ2) is 10.1. The predicted octanol–water partition coefficient (Wildman–Crippen LogP) is 3.02. The van der Waals surface area contributed by atoms with Crippen LogP contribution in [0.15, 0.2) is 78.9 Å². The number of ether oxygens (including phenoxy) is 1. The summed E-state index contributed by atoms with van der Waals surface area (Å²) in [5.74, 6) is -1.20. The monoisotopic (exact) mass is 416 g/mol. The lowest BCUT2D eigenvalue weighted by Gasteiger charge is -2.17. The summed E-state index contributed by atoms with van der Waals surface area (Å²) in [6, 6.07) is 22.8. The van der Waals surface area contributed by atoms with Gasteiger partial charge in [0.25, 0.3) is 0 Å². The number of nitrogens with one attached hydrogen (secondary N) is 3. The number of benzene rings is 3. The molecule has 2 amide bonds. The molecule has 0 saturated carbocycles. The Balaban J connectivity index is 1.74. The van der Waals surface area contributed by atoms with E-state index < -0.39 is 17.7 Å². The van der Waals surface area contributed by atoms with Gasteiger partial charge in [0.2, 0.25) is 11.8 Å². The summed E-state index contributed by atoms with van der Waals surface area (Å²) in [6.45, 7) is 0.284. The van der Waals surface area contributed by atoms with Crippen molar-refractivity contribution in [1.29, 1.82) is 5.41 Å². The number of carbonyl (C=O) groups excluding carboxylic acids is 2. The number of amides is 2. The summed E-state index contributed by atoms with van der Waals surface area (Å²) in [4.78, 5) is 26.0. The summed E-state index contributed by atoms with van der Waals surface area (Å²) in [5, 5.41) is 13.1. The van der Waals surface area contributed by atoms with E-state index in [9.17, 15) is 9.59 Å². The average Bonchev–Trinajstić information content (AvgIpc) is 2.79. The zero-order chi connectivity index (χ0) is 22.2. The van der Waals surface area contributed by atoms with Crippen molar-refractivity contribution in [1.82, 2.24) is 5.32 Å². The first-order valence-corrected chi connectivity index (χ1v) is 9.69. The molecule has 1 unspecified atom stereocenters. The lowest BCUT2D eigenvalue weighted by atomic mass is 9.97. The first kappa shape index (κ1) is 21.6. The fraction of sp³-hybridized carbons (Fsp3) is 0.125. The molecule has 0 spiro atoms. The summed E-state index contributed by atoms with van der Waals surface area (Å²) in [7, 11) is 1.59. The largest absolute Gasteiger partial charge is 0.497 e. The van der Waals surface area contributed by atoms with Gasteiger partial charge in [0.1, 0.15) is 17.5 Å². The number of carbonyl (C=O) groups is 2. The van der Waals surface area contributed by atoms with Gasteiger partial charge in [0.15, 0.2) is 0 Å². The highest BCUT2D eigenvalue weighted by Gasteiger charge is 2.28. The Kier molecular flexibility index (Phi) is 7.01. The molecule has 31 heavy (non-hydrogen) atoms. The standard InChI is InChI=1S/C24H24N4O3/c1-31-20-13-7-16(8-14-20)15-27-23(29)21(17-5-3-2-4-6-17)24(30)28-19-11-9-18(10-12-19)22(25)26/h2-14,21H,15H2,1H3,(H3,25,26)(H,27,29)(H,28,30). The number of rotatable bonds is 8. The van der Waals surface area contributed by atoms with E-state index in [1.54, 1.807) is 55.6 Å². The van der Waals surface area contributed by atoms with Crippen molar-refractivity contribution in [3.63, 3.8) is 0 Å². The van der Waals surface area contributed by atoms with Crippen LogP contribution in [0.3, 0.4) is 0 Å². The molecular weight excluding hydrogens is 392 g/mol. The van der Waals surface area contributed by atoms with Crippen LogP contribution in [-0.4, -0.2) is 24.8 Å². The quantitative estimate of drug-likeness (QED) is 0.256. The molecule has 3 rings (SSSR count). The normalized spacial score (nSPS) is 11.3. The maximum absolute atomic E-state index is 13.0. The van der Waals surface area contributed by atoms with Gasteiger partial charge in [-0.2, -0.15) is 0 Å². The van der Waals surface area contributed by atoms with E-state index in [0.717, 1.165) is 11.3 Å². The topological polar surface area (TPSA) is 117 Å². The lowest BCUT2D eigenvalue weighted by Crippen LogP contribution is -2.36. The Hall–Kier alpha value is -4.13. The number of amidine groups is 1. The van der Waals surface area contributed by atoms with Crippen LogP contribution in [0.25, 0.3) is 0 Å². The molecule has 0 aliphatic rings. The minimum atomic E-state index is -1.02. The number of hydrogen-bond acceptors (Lipinski definition) is 4. The van der Waals surface area contributed by atoms with Crippen molar-refractivity contribution in [2.24, 2.45) is 5.73 Å². The van der Waals surface area contributed by atoms with Gasteiger partial charge < -0.3 is 21.1 Å². The fourth-order valence-corrected chi connectivity index (χ4v) is 3.05. The van der Waals surface area contributed by atoms with Crippen LogP contribution in [-0.2, 0) is 16.1 Å². The lowest BCUT2D eigenvalue weighted by molar-refractivity contribution is -0.129.